The van der Waals surface area contributed by atoms with Crippen molar-refractivity contribution in [3.8, 4) is 5.75 Å². The molecule has 5 heteroatoms. The van der Waals surface area contributed by atoms with E-state index in [2.05, 4.69) is 16.3 Å². The van der Waals surface area contributed by atoms with Gasteiger partial charge in [-0.1, -0.05) is 6.58 Å². The maximum atomic E-state index is 13.3. The molecule has 0 unspecified atom stereocenters. The second-order valence-corrected chi connectivity index (χ2v) is 4.01. The molecule has 102 valence electrons. The van der Waals surface area contributed by atoms with Crippen LogP contribution in [0.1, 0.15) is 13.8 Å². The second-order valence-electron chi connectivity index (χ2n) is 4.01. The van der Waals surface area contributed by atoms with Crippen LogP contribution in [0.4, 0.5) is 14.5 Å². The smallest absolute Gasteiger partial charge is 0.422 e. The van der Waals surface area contributed by atoms with Gasteiger partial charge in [-0.2, -0.15) is 8.78 Å². The fraction of sp³-hybridized carbons (Fsp3) is 0.214. The molecule has 3 nitrogen and oxygen atoms in total. The van der Waals surface area contributed by atoms with E-state index in [9.17, 15) is 8.78 Å². The van der Waals surface area contributed by atoms with E-state index in [1.807, 2.05) is 0 Å². The van der Waals surface area contributed by atoms with Gasteiger partial charge >= 0.3 is 6.11 Å². The number of nitrogens with zero attached hydrogens (tertiary/aromatic N) is 1. The Hall–Kier alpha value is -2.17. The average molecular weight is 266 g/mol. The molecule has 0 aliphatic rings. The molecule has 0 amide bonds. The molecule has 0 heterocycles. The lowest BCUT2D eigenvalue weighted by Gasteiger charge is -2.17. The fourth-order valence-corrected chi connectivity index (χ4v) is 1.20. The average Bonchev–Trinajstić information content (AvgIpc) is 2.31. The lowest BCUT2D eigenvalue weighted by Crippen LogP contribution is -2.25. The number of ether oxygens (including phenoxy) is 1. The number of aliphatic imine (C=N–C) groups is 1. The molecule has 0 bridgehead atoms. The normalized spacial score (nSPS) is 12.7. The van der Waals surface area contributed by atoms with Crippen molar-refractivity contribution in [2.45, 2.75) is 20.0 Å². The van der Waals surface area contributed by atoms with E-state index in [1.165, 1.54) is 25.3 Å². The molecule has 2 N–H and O–H groups in total. The summed E-state index contributed by atoms with van der Waals surface area (Å²) in [7, 11) is 0. The SMILES string of the molecule is C=C(C)C(F)(F)Oc1ccc(N=C(C)C=CN)cc1. The summed E-state index contributed by atoms with van der Waals surface area (Å²) in [6.07, 6.45) is -0.355. The van der Waals surface area contributed by atoms with E-state index >= 15 is 0 Å². The molecule has 0 aliphatic carbocycles. The molecule has 0 saturated carbocycles. The molecular formula is C14H16F2N2O. The minimum atomic E-state index is -3.37. The fourth-order valence-electron chi connectivity index (χ4n) is 1.20. The topological polar surface area (TPSA) is 47.6 Å². The van der Waals surface area contributed by atoms with Crippen molar-refractivity contribution in [3.05, 3.63) is 48.7 Å². The summed E-state index contributed by atoms with van der Waals surface area (Å²) < 4.78 is 31.1. The Labute approximate surface area is 111 Å². The summed E-state index contributed by atoms with van der Waals surface area (Å²) in [5.41, 5.74) is 6.22. The van der Waals surface area contributed by atoms with Crippen molar-refractivity contribution in [1.29, 1.82) is 0 Å². The monoisotopic (exact) mass is 266 g/mol. The zero-order chi connectivity index (χ0) is 14.5. The van der Waals surface area contributed by atoms with Gasteiger partial charge in [0.1, 0.15) is 5.75 Å². The quantitative estimate of drug-likeness (QED) is 0.651. The third-order valence-electron chi connectivity index (χ3n) is 2.22. The van der Waals surface area contributed by atoms with Gasteiger partial charge in [0.2, 0.25) is 0 Å². The van der Waals surface area contributed by atoms with E-state index < -0.39 is 6.11 Å². The minimum Gasteiger partial charge on any atom is -0.429 e. The highest BCUT2D eigenvalue weighted by Gasteiger charge is 2.32. The number of hydrogen-bond acceptors (Lipinski definition) is 3. The number of allylic oxidation sites excluding steroid dienone is 1. The lowest BCUT2D eigenvalue weighted by molar-refractivity contribution is -0.141. The first-order chi connectivity index (χ1) is 8.85. The zero-order valence-corrected chi connectivity index (χ0v) is 10.9. The second kappa shape index (κ2) is 6.13. The third kappa shape index (κ3) is 4.54. The van der Waals surface area contributed by atoms with Crippen molar-refractivity contribution >= 4 is 11.4 Å². The third-order valence-corrected chi connectivity index (χ3v) is 2.22. The predicted molar refractivity (Wildman–Crippen MR) is 72.9 cm³/mol. The van der Waals surface area contributed by atoms with Crippen molar-refractivity contribution in [2.24, 2.45) is 10.7 Å². The molecule has 0 fully saturated rings. The summed E-state index contributed by atoms with van der Waals surface area (Å²) in [4.78, 5) is 4.21. The van der Waals surface area contributed by atoms with Crippen LogP contribution < -0.4 is 10.5 Å². The Morgan fingerprint density at radius 2 is 1.89 bits per heavy atom. The summed E-state index contributed by atoms with van der Waals surface area (Å²) >= 11 is 0. The Morgan fingerprint density at radius 1 is 1.32 bits per heavy atom. The van der Waals surface area contributed by atoms with Crippen molar-refractivity contribution in [1.82, 2.24) is 0 Å². The lowest BCUT2D eigenvalue weighted by atomic mass is 10.3. The van der Waals surface area contributed by atoms with Gasteiger partial charge in [-0.05, 0) is 50.4 Å². The molecule has 0 radical (unpaired) electrons. The van der Waals surface area contributed by atoms with Crippen molar-refractivity contribution in [3.63, 3.8) is 0 Å². The van der Waals surface area contributed by atoms with E-state index in [4.69, 9.17) is 5.73 Å². The van der Waals surface area contributed by atoms with Gasteiger partial charge in [0, 0.05) is 11.3 Å². The van der Waals surface area contributed by atoms with Crippen LogP contribution in [-0.4, -0.2) is 11.8 Å². The summed E-state index contributed by atoms with van der Waals surface area (Å²) in [6, 6.07) is 6.01. The molecular weight excluding hydrogens is 250 g/mol. The number of alkyl halides is 2. The summed E-state index contributed by atoms with van der Waals surface area (Å²) in [6.45, 7) is 6.17. The maximum Gasteiger partial charge on any atom is 0.422 e. The number of benzene rings is 1. The first-order valence-electron chi connectivity index (χ1n) is 5.61. The van der Waals surface area contributed by atoms with Gasteiger partial charge in [0.25, 0.3) is 0 Å². The molecule has 0 aromatic heterocycles. The largest absolute Gasteiger partial charge is 0.429 e. The Morgan fingerprint density at radius 3 is 2.37 bits per heavy atom. The van der Waals surface area contributed by atoms with Gasteiger partial charge in [-0.25, -0.2) is 0 Å². The minimum absolute atomic E-state index is 0.0546. The van der Waals surface area contributed by atoms with Crippen molar-refractivity contribution < 1.29 is 13.5 Å². The molecule has 0 aliphatic heterocycles. The summed E-state index contributed by atoms with van der Waals surface area (Å²) in [5, 5.41) is 0. The van der Waals surface area contributed by atoms with E-state index in [0.29, 0.717) is 11.4 Å². The van der Waals surface area contributed by atoms with Gasteiger partial charge in [-0.3, -0.25) is 4.99 Å². The van der Waals surface area contributed by atoms with Gasteiger partial charge in [0.05, 0.1) is 5.69 Å². The predicted octanol–water partition coefficient (Wildman–Crippen LogP) is 3.80. The van der Waals surface area contributed by atoms with Gasteiger partial charge in [0.15, 0.2) is 0 Å². The number of hydrogen-bond donors (Lipinski definition) is 1. The van der Waals surface area contributed by atoms with Gasteiger partial charge in [-0.15, -0.1) is 0 Å². The standard InChI is InChI=1S/C14H16F2N2O/c1-10(2)14(15,16)19-13-6-4-12(5-7-13)18-11(3)8-9-17/h4-9H,1,17H2,2-3H3. The Bertz CT molecular complexity index is 505. The Kier molecular flexibility index (Phi) is 4.80. The van der Waals surface area contributed by atoms with Crippen molar-refractivity contribution in [2.75, 3.05) is 0 Å². The highest BCUT2D eigenvalue weighted by Crippen LogP contribution is 2.28. The first-order valence-corrected chi connectivity index (χ1v) is 5.61. The highest BCUT2D eigenvalue weighted by atomic mass is 19.3. The molecule has 1 aromatic rings. The van der Waals surface area contributed by atoms with Crippen LogP contribution in [0.3, 0.4) is 0 Å². The van der Waals surface area contributed by atoms with Crippen LogP contribution in [0.2, 0.25) is 0 Å². The maximum absolute atomic E-state index is 13.3. The van der Waals surface area contributed by atoms with Crippen LogP contribution >= 0.6 is 0 Å². The van der Waals surface area contributed by atoms with Crippen LogP contribution in [0, 0.1) is 0 Å². The van der Waals surface area contributed by atoms with E-state index in [-0.39, 0.29) is 11.3 Å². The first kappa shape index (κ1) is 14.9. The molecule has 19 heavy (non-hydrogen) atoms. The van der Waals surface area contributed by atoms with E-state index in [1.54, 1.807) is 25.1 Å². The molecule has 0 spiro atoms. The molecule has 1 rings (SSSR count). The van der Waals surface area contributed by atoms with Gasteiger partial charge < -0.3 is 10.5 Å². The molecule has 1 aromatic carbocycles. The van der Waals surface area contributed by atoms with Crippen LogP contribution in [-0.2, 0) is 0 Å². The highest BCUT2D eigenvalue weighted by molar-refractivity contribution is 5.94. The van der Waals surface area contributed by atoms with E-state index in [0.717, 1.165) is 0 Å². The number of halogens is 2. The zero-order valence-electron chi connectivity index (χ0n) is 10.9. The molecule has 0 atom stereocenters. The summed E-state index contributed by atoms with van der Waals surface area (Å²) in [5.74, 6) is 0.0546. The Balaban J connectivity index is 2.83. The van der Waals surface area contributed by atoms with Crippen LogP contribution in [0.15, 0.2) is 53.7 Å². The molecule has 0 saturated heterocycles. The van der Waals surface area contributed by atoms with Crippen LogP contribution in [0.25, 0.3) is 0 Å². The number of rotatable bonds is 5. The van der Waals surface area contributed by atoms with Crippen LogP contribution in [0.5, 0.6) is 5.75 Å². The number of nitrogens with two attached hydrogens (primary N) is 1.